The standard InChI is InChI=1S/C16H22FNO2/c1-16(2)12-18(10-11-20-16)9-3-4-15(19)13-5-7-14(17)8-6-13/h5-8H,3-4,9-12H2,1-2H3. The number of ether oxygens (including phenoxy) is 1. The summed E-state index contributed by atoms with van der Waals surface area (Å²) < 4.78 is 18.4. The Morgan fingerprint density at radius 1 is 1.35 bits per heavy atom. The van der Waals surface area contributed by atoms with Gasteiger partial charge in [-0.25, -0.2) is 4.39 Å². The van der Waals surface area contributed by atoms with Gasteiger partial charge in [0.2, 0.25) is 0 Å². The molecule has 0 aromatic heterocycles. The zero-order valence-corrected chi connectivity index (χ0v) is 12.2. The van der Waals surface area contributed by atoms with Gasteiger partial charge in [0.15, 0.2) is 5.78 Å². The summed E-state index contributed by atoms with van der Waals surface area (Å²) in [5.74, 6) is -0.227. The van der Waals surface area contributed by atoms with E-state index >= 15 is 0 Å². The van der Waals surface area contributed by atoms with E-state index in [9.17, 15) is 9.18 Å². The number of carbonyl (C=O) groups is 1. The van der Waals surface area contributed by atoms with Crippen LogP contribution in [-0.4, -0.2) is 42.5 Å². The lowest BCUT2D eigenvalue weighted by Gasteiger charge is -2.38. The number of nitrogens with zero attached hydrogens (tertiary/aromatic N) is 1. The Morgan fingerprint density at radius 2 is 2.05 bits per heavy atom. The van der Waals surface area contributed by atoms with Gasteiger partial charge in [-0.15, -0.1) is 0 Å². The molecule has 0 aliphatic carbocycles. The smallest absolute Gasteiger partial charge is 0.162 e. The van der Waals surface area contributed by atoms with E-state index in [2.05, 4.69) is 18.7 Å². The van der Waals surface area contributed by atoms with Gasteiger partial charge in [-0.05, 0) is 51.1 Å². The molecule has 4 heteroatoms. The summed E-state index contributed by atoms with van der Waals surface area (Å²) >= 11 is 0. The average Bonchev–Trinajstić information content (AvgIpc) is 2.38. The van der Waals surface area contributed by atoms with Crippen LogP contribution in [0.5, 0.6) is 0 Å². The van der Waals surface area contributed by atoms with Gasteiger partial charge in [-0.3, -0.25) is 9.69 Å². The van der Waals surface area contributed by atoms with E-state index < -0.39 is 0 Å². The Hall–Kier alpha value is -1.26. The SMILES string of the molecule is CC1(C)CN(CCCC(=O)c2ccc(F)cc2)CCO1. The largest absolute Gasteiger partial charge is 0.373 e. The van der Waals surface area contributed by atoms with Crippen molar-refractivity contribution in [3.63, 3.8) is 0 Å². The maximum Gasteiger partial charge on any atom is 0.162 e. The third-order valence-corrected chi connectivity index (χ3v) is 3.55. The molecule has 2 rings (SSSR count). The molecule has 1 fully saturated rings. The Balaban J connectivity index is 1.75. The van der Waals surface area contributed by atoms with Gasteiger partial charge in [0.25, 0.3) is 0 Å². The number of carbonyl (C=O) groups excluding carboxylic acids is 1. The third kappa shape index (κ3) is 4.39. The second kappa shape index (κ2) is 6.46. The number of morpholine rings is 1. The summed E-state index contributed by atoms with van der Waals surface area (Å²) in [4.78, 5) is 14.3. The van der Waals surface area contributed by atoms with Gasteiger partial charge >= 0.3 is 0 Å². The number of hydrogen-bond acceptors (Lipinski definition) is 3. The predicted molar refractivity (Wildman–Crippen MR) is 76.4 cm³/mol. The molecule has 110 valence electrons. The molecule has 0 radical (unpaired) electrons. The zero-order valence-electron chi connectivity index (χ0n) is 12.2. The van der Waals surface area contributed by atoms with Gasteiger partial charge in [-0.2, -0.15) is 0 Å². The summed E-state index contributed by atoms with van der Waals surface area (Å²) in [5.41, 5.74) is 0.493. The van der Waals surface area contributed by atoms with E-state index in [0.29, 0.717) is 12.0 Å². The van der Waals surface area contributed by atoms with Crippen molar-refractivity contribution in [2.24, 2.45) is 0 Å². The van der Waals surface area contributed by atoms with E-state index in [0.717, 1.165) is 32.7 Å². The molecule has 0 amide bonds. The topological polar surface area (TPSA) is 29.5 Å². The first-order valence-electron chi connectivity index (χ1n) is 7.11. The van der Waals surface area contributed by atoms with Crippen LogP contribution in [0, 0.1) is 5.82 Å². The minimum absolute atomic E-state index is 0.0810. The predicted octanol–water partition coefficient (Wildman–Crippen LogP) is 2.90. The molecule has 1 aliphatic rings. The minimum atomic E-state index is -0.308. The fourth-order valence-electron chi connectivity index (χ4n) is 2.55. The highest BCUT2D eigenvalue weighted by Crippen LogP contribution is 2.17. The summed E-state index contributed by atoms with van der Waals surface area (Å²) in [6, 6.07) is 5.76. The van der Waals surface area contributed by atoms with Crippen LogP contribution < -0.4 is 0 Å². The number of rotatable bonds is 5. The molecule has 1 heterocycles. The van der Waals surface area contributed by atoms with Gasteiger partial charge in [-0.1, -0.05) is 0 Å². The molecular formula is C16H22FNO2. The third-order valence-electron chi connectivity index (χ3n) is 3.55. The molecule has 0 saturated carbocycles. The summed E-state index contributed by atoms with van der Waals surface area (Å²) in [6.45, 7) is 7.65. The quantitative estimate of drug-likeness (QED) is 0.776. The number of Topliss-reactive ketones (excluding diaryl/α,β-unsaturated/α-hetero) is 1. The first-order chi connectivity index (χ1) is 9.46. The van der Waals surface area contributed by atoms with Crippen molar-refractivity contribution in [2.45, 2.75) is 32.3 Å². The van der Waals surface area contributed by atoms with Crippen molar-refractivity contribution in [1.82, 2.24) is 4.90 Å². The monoisotopic (exact) mass is 279 g/mol. The van der Waals surface area contributed by atoms with Gasteiger partial charge in [0.1, 0.15) is 5.82 Å². The fraction of sp³-hybridized carbons (Fsp3) is 0.562. The van der Waals surface area contributed by atoms with Crippen molar-refractivity contribution < 1.29 is 13.9 Å². The van der Waals surface area contributed by atoms with E-state index in [4.69, 9.17) is 4.74 Å². The Morgan fingerprint density at radius 3 is 2.70 bits per heavy atom. The molecule has 0 spiro atoms. The molecule has 0 bridgehead atoms. The number of benzene rings is 1. The zero-order chi connectivity index (χ0) is 14.6. The van der Waals surface area contributed by atoms with Crippen LogP contribution in [0.2, 0.25) is 0 Å². The van der Waals surface area contributed by atoms with Gasteiger partial charge in [0.05, 0.1) is 12.2 Å². The lowest BCUT2D eigenvalue weighted by Crippen LogP contribution is -2.48. The van der Waals surface area contributed by atoms with Crippen molar-refractivity contribution in [3.05, 3.63) is 35.6 Å². The number of halogens is 1. The summed E-state index contributed by atoms with van der Waals surface area (Å²) in [6.07, 6.45) is 1.33. The van der Waals surface area contributed by atoms with Crippen molar-refractivity contribution in [1.29, 1.82) is 0 Å². The van der Waals surface area contributed by atoms with E-state index in [-0.39, 0.29) is 17.2 Å². The normalized spacial score (nSPS) is 18.9. The molecule has 1 aromatic carbocycles. The lowest BCUT2D eigenvalue weighted by molar-refractivity contribution is -0.0859. The molecule has 1 saturated heterocycles. The fourth-order valence-corrected chi connectivity index (χ4v) is 2.55. The molecule has 20 heavy (non-hydrogen) atoms. The highest BCUT2D eigenvalue weighted by molar-refractivity contribution is 5.95. The van der Waals surface area contributed by atoms with Crippen LogP contribution in [0.1, 0.15) is 37.0 Å². The highest BCUT2D eigenvalue weighted by Gasteiger charge is 2.26. The molecule has 0 N–H and O–H groups in total. The van der Waals surface area contributed by atoms with Crippen molar-refractivity contribution in [3.8, 4) is 0 Å². The van der Waals surface area contributed by atoms with E-state index in [1.807, 2.05) is 0 Å². The number of hydrogen-bond donors (Lipinski definition) is 0. The Bertz CT molecular complexity index is 456. The molecule has 1 aromatic rings. The van der Waals surface area contributed by atoms with Crippen LogP contribution in [0.4, 0.5) is 4.39 Å². The molecule has 3 nitrogen and oxygen atoms in total. The van der Waals surface area contributed by atoms with Crippen molar-refractivity contribution >= 4 is 5.78 Å². The van der Waals surface area contributed by atoms with E-state index in [1.54, 1.807) is 12.1 Å². The van der Waals surface area contributed by atoms with Crippen molar-refractivity contribution in [2.75, 3.05) is 26.2 Å². The van der Waals surface area contributed by atoms with Crippen LogP contribution in [0.3, 0.4) is 0 Å². The molecular weight excluding hydrogens is 257 g/mol. The maximum absolute atomic E-state index is 12.8. The molecule has 0 unspecified atom stereocenters. The van der Waals surface area contributed by atoms with Gasteiger partial charge in [0, 0.05) is 25.1 Å². The summed E-state index contributed by atoms with van der Waals surface area (Å²) in [5, 5.41) is 0. The van der Waals surface area contributed by atoms with Crippen LogP contribution >= 0.6 is 0 Å². The Labute approximate surface area is 119 Å². The van der Waals surface area contributed by atoms with Crippen LogP contribution in [0.25, 0.3) is 0 Å². The summed E-state index contributed by atoms with van der Waals surface area (Å²) in [7, 11) is 0. The average molecular weight is 279 g/mol. The van der Waals surface area contributed by atoms with E-state index in [1.165, 1.54) is 12.1 Å². The second-order valence-corrected chi connectivity index (χ2v) is 5.92. The lowest BCUT2D eigenvalue weighted by atomic mass is 10.0. The first kappa shape index (κ1) is 15.1. The Kier molecular flexibility index (Phi) is 4.89. The molecule has 1 aliphatic heterocycles. The second-order valence-electron chi connectivity index (χ2n) is 5.92. The number of ketones is 1. The maximum atomic E-state index is 12.8. The molecule has 0 atom stereocenters. The van der Waals surface area contributed by atoms with Crippen LogP contribution in [-0.2, 0) is 4.74 Å². The van der Waals surface area contributed by atoms with Crippen LogP contribution in [0.15, 0.2) is 24.3 Å². The highest BCUT2D eigenvalue weighted by atomic mass is 19.1. The first-order valence-corrected chi connectivity index (χ1v) is 7.11. The van der Waals surface area contributed by atoms with Gasteiger partial charge < -0.3 is 4.74 Å². The minimum Gasteiger partial charge on any atom is -0.373 e.